The predicted octanol–water partition coefficient (Wildman–Crippen LogP) is 2.32. The van der Waals surface area contributed by atoms with Gasteiger partial charge in [0.05, 0.1) is 12.2 Å². The van der Waals surface area contributed by atoms with Crippen molar-refractivity contribution in [3.63, 3.8) is 0 Å². The molecule has 140 valence electrons. The van der Waals surface area contributed by atoms with Gasteiger partial charge in [-0.05, 0) is 32.9 Å². The Morgan fingerprint density at radius 3 is 2.38 bits per heavy atom. The molecule has 0 spiro atoms. The average molecular weight is 355 g/mol. The average Bonchev–Trinajstić information content (AvgIpc) is 2.91. The summed E-state index contributed by atoms with van der Waals surface area (Å²) in [5.41, 5.74) is 4.79. The van der Waals surface area contributed by atoms with Gasteiger partial charge in [-0.15, -0.1) is 0 Å². The van der Waals surface area contributed by atoms with Crippen molar-refractivity contribution in [1.29, 1.82) is 0 Å². The summed E-state index contributed by atoms with van der Waals surface area (Å²) in [6, 6.07) is 10.6. The van der Waals surface area contributed by atoms with Gasteiger partial charge in [-0.25, -0.2) is 4.99 Å². The van der Waals surface area contributed by atoms with Crippen molar-refractivity contribution in [1.82, 2.24) is 20.0 Å². The lowest BCUT2D eigenvalue weighted by molar-refractivity contribution is 0.372. The van der Waals surface area contributed by atoms with Crippen LogP contribution in [0.3, 0.4) is 0 Å². The zero-order valence-corrected chi connectivity index (χ0v) is 16.4. The van der Waals surface area contributed by atoms with Crippen LogP contribution in [-0.4, -0.2) is 53.4 Å². The van der Waals surface area contributed by atoms with Crippen LogP contribution in [0.15, 0.2) is 35.3 Å². The van der Waals surface area contributed by atoms with Crippen molar-refractivity contribution < 1.29 is 0 Å². The van der Waals surface area contributed by atoms with E-state index in [1.54, 1.807) is 0 Å². The number of anilines is 1. The third kappa shape index (κ3) is 4.00. The lowest BCUT2D eigenvalue weighted by Gasteiger charge is -2.37. The second-order valence-corrected chi connectivity index (χ2v) is 6.75. The first-order valence-electron chi connectivity index (χ1n) is 9.42. The van der Waals surface area contributed by atoms with Crippen molar-refractivity contribution in [2.45, 2.75) is 27.3 Å². The van der Waals surface area contributed by atoms with E-state index < -0.39 is 0 Å². The van der Waals surface area contributed by atoms with Crippen molar-refractivity contribution in [3.8, 4) is 0 Å². The minimum atomic E-state index is 0.673. The predicted molar refractivity (Wildman–Crippen MR) is 108 cm³/mol. The molecule has 2 aromatic rings. The SMILES string of the molecule is CCNC(=NCc1c(C)nn(C)c1C)N1CCN(c2ccccc2)CC1. The van der Waals surface area contributed by atoms with Crippen LogP contribution in [0.1, 0.15) is 23.9 Å². The highest BCUT2D eigenvalue weighted by molar-refractivity contribution is 5.80. The molecule has 0 aliphatic carbocycles. The summed E-state index contributed by atoms with van der Waals surface area (Å²) in [6.45, 7) is 11.8. The normalized spacial score (nSPS) is 15.5. The lowest BCUT2D eigenvalue weighted by Crippen LogP contribution is -2.52. The summed E-state index contributed by atoms with van der Waals surface area (Å²) < 4.78 is 1.94. The molecule has 26 heavy (non-hydrogen) atoms. The molecule has 0 saturated carbocycles. The molecule has 6 heteroatoms. The van der Waals surface area contributed by atoms with Crippen LogP contribution in [0, 0.1) is 13.8 Å². The van der Waals surface area contributed by atoms with Crippen LogP contribution >= 0.6 is 0 Å². The third-order valence-electron chi connectivity index (χ3n) is 5.08. The van der Waals surface area contributed by atoms with Crippen molar-refractivity contribution in [2.75, 3.05) is 37.6 Å². The number of hydrogen-bond acceptors (Lipinski definition) is 3. The maximum atomic E-state index is 4.90. The van der Waals surface area contributed by atoms with E-state index >= 15 is 0 Å². The maximum Gasteiger partial charge on any atom is 0.194 e. The van der Waals surface area contributed by atoms with Crippen LogP contribution in [0.2, 0.25) is 0 Å². The highest BCUT2D eigenvalue weighted by Gasteiger charge is 2.20. The number of aliphatic imine (C=N–C) groups is 1. The standard InChI is InChI=1S/C20H30N6/c1-5-21-20(22-15-19-16(2)23-24(4)17(19)3)26-13-11-25(12-14-26)18-9-7-6-8-10-18/h6-10H,5,11-15H2,1-4H3,(H,21,22). The lowest BCUT2D eigenvalue weighted by atomic mass is 10.2. The van der Waals surface area contributed by atoms with Crippen LogP contribution < -0.4 is 10.2 Å². The van der Waals surface area contributed by atoms with Gasteiger partial charge >= 0.3 is 0 Å². The first-order chi connectivity index (χ1) is 12.6. The number of aromatic nitrogens is 2. The molecule has 1 aliphatic heterocycles. The number of aryl methyl sites for hydroxylation is 2. The summed E-state index contributed by atoms with van der Waals surface area (Å²) in [5, 5.41) is 7.95. The van der Waals surface area contributed by atoms with Gasteiger partial charge in [0.25, 0.3) is 0 Å². The molecule has 0 bridgehead atoms. The van der Waals surface area contributed by atoms with E-state index in [9.17, 15) is 0 Å². The minimum Gasteiger partial charge on any atom is -0.368 e. The van der Waals surface area contributed by atoms with Crippen molar-refractivity contribution >= 4 is 11.6 Å². The minimum absolute atomic E-state index is 0.673. The Balaban J connectivity index is 1.67. The van der Waals surface area contributed by atoms with Gasteiger partial charge in [0.1, 0.15) is 0 Å². The van der Waals surface area contributed by atoms with Crippen LogP contribution in [0.4, 0.5) is 5.69 Å². The Hall–Kier alpha value is -2.50. The van der Waals surface area contributed by atoms with E-state index in [4.69, 9.17) is 4.99 Å². The Morgan fingerprint density at radius 1 is 1.12 bits per heavy atom. The number of nitrogens with zero attached hydrogens (tertiary/aromatic N) is 5. The van der Waals surface area contributed by atoms with E-state index in [0.717, 1.165) is 44.4 Å². The molecule has 1 aromatic carbocycles. The van der Waals surface area contributed by atoms with E-state index in [1.807, 2.05) is 11.7 Å². The molecule has 1 aromatic heterocycles. The molecule has 0 atom stereocenters. The number of benzene rings is 1. The summed E-state index contributed by atoms with van der Waals surface area (Å²) in [4.78, 5) is 9.70. The van der Waals surface area contributed by atoms with Crippen molar-refractivity contribution in [2.24, 2.45) is 12.0 Å². The fourth-order valence-corrected chi connectivity index (χ4v) is 3.44. The van der Waals surface area contributed by atoms with Gasteiger partial charge in [0.15, 0.2) is 5.96 Å². The van der Waals surface area contributed by atoms with E-state index in [2.05, 4.69) is 71.3 Å². The molecule has 1 fully saturated rings. The summed E-state index contributed by atoms with van der Waals surface area (Å²) in [7, 11) is 1.99. The fourth-order valence-electron chi connectivity index (χ4n) is 3.44. The molecule has 1 aliphatic rings. The number of rotatable bonds is 4. The topological polar surface area (TPSA) is 48.7 Å². The highest BCUT2D eigenvalue weighted by atomic mass is 15.3. The number of para-hydroxylation sites is 1. The molecule has 6 nitrogen and oxygen atoms in total. The molecule has 1 N–H and O–H groups in total. The second kappa shape index (κ2) is 8.25. The monoisotopic (exact) mass is 354 g/mol. The molecular weight excluding hydrogens is 324 g/mol. The summed E-state index contributed by atoms with van der Waals surface area (Å²) in [5.74, 6) is 1.00. The zero-order chi connectivity index (χ0) is 18.5. The first-order valence-corrected chi connectivity index (χ1v) is 9.42. The second-order valence-electron chi connectivity index (χ2n) is 6.75. The molecular formula is C20H30N6. The molecule has 0 radical (unpaired) electrons. The van der Waals surface area contributed by atoms with Crippen molar-refractivity contribution in [3.05, 3.63) is 47.3 Å². The van der Waals surface area contributed by atoms with Gasteiger partial charge in [-0.2, -0.15) is 5.10 Å². The molecule has 1 saturated heterocycles. The number of nitrogens with one attached hydrogen (secondary N) is 1. The van der Waals surface area contributed by atoms with Gasteiger partial charge < -0.3 is 15.1 Å². The van der Waals surface area contributed by atoms with E-state index in [-0.39, 0.29) is 0 Å². The quantitative estimate of drug-likeness (QED) is 0.676. The van der Waals surface area contributed by atoms with Crippen LogP contribution in [0.5, 0.6) is 0 Å². The Kier molecular flexibility index (Phi) is 5.81. The number of hydrogen-bond donors (Lipinski definition) is 1. The summed E-state index contributed by atoms with van der Waals surface area (Å²) in [6.07, 6.45) is 0. The van der Waals surface area contributed by atoms with Gasteiger partial charge in [0.2, 0.25) is 0 Å². The summed E-state index contributed by atoms with van der Waals surface area (Å²) >= 11 is 0. The highest BCUT2D eigenvalue weighted by Crippen LogP contribution is 2.16. The molecule has 3 rings (SSSR count). The van der Waals surface area contributed by atoms with Gasteiger partial charge in [-0.3, -0.25) is 4.68 Å². The maximum absolute atomic E-state index is 4.90. The first kappa shape index (κ1) is 18.3. The molecule has 2 heterocycles. The number of guanidine groups is 1. The Morgan fingerprint density at radius 2 is 1.81 bits per heavy atom. The van der Waals surface area contributed by atoms with Gasteiger partial charge in [-0.1, -0.05) is 18.2 Å². The third-order valence-corrected chi connectivity index (χ3v) is 5.08. The Bertz CT molecular complexity index is 741. The Labute approximate surface area is 156 Å². The number of piperazine rings is 1. The fraction of sp³-hybridized carbons (Fsp3) is 0.500. The molecule has 0 amide bonds. The van der Waals surface area contributed by atoms with Crippen LogP contribution in [-0.2, 0) is 13.6 Å². The van der Waals surface area contributed by atoms with Crippen LogP contribution in [0.25, 0.3) is 0 Å². The van der Waals surface area contributed by atoms with E-state index in [0.29, 0.717) is 6.54 Å². The molecule has 0 unspecified atom stereocenters. The zero-order valence-electron chi connectivity index (χ0n) is 16.4. The largest absolute Gasteiger partial charge is 0.368 e. The smallest absolute Gasteiger partial charge is 0.194 e. The van der Waals surface area contributed by atoms with E-state index in [1.165, 1.54) is 16.9 Å². The van der Waals surface area contributed by atoms with Gasteiger partial charge in [0, 0.05) is 56.7 Å².